The standard InChI is InChI=1S/C20H25IO4/c1-5-25-19(23)20(9-7-16(22)11-14(20)3)8-6-15-12-18(24-4)13(2)10-17(15)21/h7,9-10,12,14H,5-6,8,11H2,1-4H3/t14-,20+/m1/s1. The van der Waals surface area contributed by atoms with Gasteiger partial charge in [-0.15, -0.1) is 0 Å². The minimum absolute atomic E-state index is 0.0685. The summed E-state index contributed by atoms with van der Waals surface area (Å²) in [5.74, 6) is 0.608. The van der Waals surface area contributed by atoms with Crippen LogP contribution in [0, 0.1) is 21.8 Å². The van der Waals surface area contributed by atoms with Crippen LogP contribution in [-0.4, -0.2) is 25.5 Å². The van der Waals surface area contributed by atoms with Gasteiger partial charge in [0.05, 0.1) is 19.1 Å². The molecule has 0 saturated carbocycles. The SMILES string of the molecule is CCOC(=O)[C@@]1(CCc2cc(OC)c(C)cc2I)C=CC(=O)C[C@H]1C. The molecular formula is C20H25IO4. The average molecular weight is 456 g/mol. The minimum atomic E-state index is -0.745. The van der Waals surface area contributed by atoms with E-state index in [1.807, 2.05) is 26.8 Å². The smallest absolute Gasteiger partial charge is 0.316 e. The second-order valence-electron chi connectivity index (χ2n) is 6.58. The highest BCUT2D eigenvalue weighted by atomic mass is 127. The number of hydrogen-bond donors (Lipinski definition) is 0. The van der Waals surface area contributed by atoms with Crippen LogP contribution in [0.15, 0.2) is 24.3 Å². The zero-order valence-corrected chi connectivity index (χ0v) is 17.4. The maximum Gasteiger partial charge on any atom is 0.316 e. The summed E-state index contributed by atoms with van der Waals surface area (Å²) in [6.45, 7) is 6.12. The highest BCUT2D eigenvalue weighted by Crippen LogP contribution is 2.41. The Morgan fingerprint density at radius 1 is 1.40 bits per heavy atom. The van der Waals surface area contributed by atoms with E-state index in [1.165, 1.54) is 6.08 Å². The number of rotatable bonds is 6. The molecule has 25 heavy (non-hydrogen) atoms. The van der Waals surface area contributed by atoms with Gasteiger partial charge < -0.3 is 9.47 Å². The number of allylic oxidation sites excluding steroid dienone is 1. The number of esters is 1. The number of halogens is 1. The summed E-state index contributed by atoms with van der Waals surface area (Å²) in [5, 5.41) is 0. The van der Waals surface area contributed by atoms with Crippen molar-refractivity contribution < 1.29 is 19.1 Å². The van der Waals surface area contributed by atoms with E-state index < -0.39 is 5.41 Å². The summed E-state index contributed by atoms with van der Waals surface area (Å²) in [6, 6.07) is 4.13. The number of ketones is 1. The zero-order chi connectivity index (χ0) is 18.6. The molecule has 1 aromatic carbocycles. The largest absolute Gasteiger partial charge is 0.496 e. The molecule has 4 nitrogen and oxygen atoms in total. The Morgan fingerprint density at radius 3 is 2.72 bits per heavy atom. The van der Waals surface area contributed by atoms with Gasteiger partial charge in [0.2, 0.25) is 0 Å². The molecule has 2 atom stereocenters. The zero-order valence-electron chi connectivity index (χ0n) is 15.2. The number of hydrogen-bond acceptors (Lipinski definition) is 4. The Kier molecular flexibility index (Phi) is 6.65. The minimum Gasteiger partial charge on any atom is -0.496 e. The van der Waals surface area contributed by atoms with E-state index in [9.17, 15) is 9.59 Å². The van der Waals surface area contributed by atoms with Crippen molar-refractivity contribution in [3.05, 3.63) is 39.0 Å². The third kappa shape index (κ3) is 4.25. The van der Waals surface area contributed by atoms with E-state index >= 15 is 0 Å². The van der Waals surface area contributed by atoms with Gasteiger partial charge in [0.1, 0.15) is 5.75 Å². The van der Waals surface area contributed by atoms with Crippen LogP contribution in [0.5, 0.6) is 5.75 Å². The fraction of sp³-hybridized carbons (Fsp3) is 0.500. The molecule has 0 saturated heterocycles. The molecule has 0 radical (unpaired) electrons. The fourth-order valence-electron chi connectivity index (χ4n) is 3.37. The van der Waals surface area contributed by atoms with Gasteiger partial charge in [0, 0.05) is 9.99 Å². The molecule has 1 aliphatic carbocycles. The molecule has 0 aromatic heterocycles. The van der Waals surface area contributed by atoms with Gasteiger partial charge >= 0.3 is 5.97 Å². The summed E-state index contributed by atoms with van der Waals surface area (Å²) >= 11 is 2.32. The molecule has 2 rings (SSSR count). The van der Waals surface area contributed by atoms with Crippen LogP contribution in [0.25, 0.3) is 0 Å². The van der Waals surface area contributed by atoms with Crippen molar-refractivity contribution in [3.8, 4) is 5.75 Å². The average Bonchev–Trinajstić information content (AvgIpc) is 2.56. The normalized spacial score (nSPS) is 22.8. The molecule has 0 heterocycles. The maximum absolute atomic E-state index is 12.7. The first-order valence-electron chi connectivity index (χ1n) is 8.56. The van der Waals surface area contributed by atoms with Crippen molar-refractivity contribution >= 4 is 34.3 Å². The quantitative estimate of drug-likeness (QED) is 0.475. The van der Waals surface area contributed by atoms with Crippen LogP contribution in [-0.2, 0) is 20.7 Å². The van der Waals surface area contributed by atoms with Gasteiger partial charge in [0.15, 0.2) is 5.78 Å². The monoisotopic (exact) mass is 456 g/mol. The lowest BCUT2D eigenvalue weighted by atomic mass is 9.67. The van der Waals surface area contributed by atoms with Crippen LogP contribution in [0.3, 0.4) is 0 Å². The molecule has 0 bridgehead atoms. The Morgan fingerprint density at radius 2 is 2.12 bits per heavy atom. The molecule has 0 amide bonds. The molecule has 0 fully saturated rings. The fourth-order valence-corrected chi connectivity index (χ4v) is 4.26. The Balaban J connectivity index is 2.31. The van der Waals surface area contributed by atoms with Crippen molar-refractivity contribution in [2.75, 3.05) is 13.7 Å². The van der Waals surface area contributed by atoms with E-state index in [4.69, 9.17) is 9.47 Å². The Bertz CT molecular complexity index is 695. The van der Waals surface area contributed by atoms with Crippen molar-refractivity contribution in [1.82, 2.24) is 0 Å². The number of carbonyl (C=O) groups is 2. The molecule has 0 unspecified atom stereocenters. The van der Waals surface area contributed by atoms with E-state index in [2.05, 4.69) is 28.7 Å². The van der Waals surface area contributed by atoms with Crippen molar-refractivity contribution in [1.29, 1.82) is 0 Å². The van der Waals surface area contributed by atoms with Crippen LogP contribution in [0.1, 0.15) is 37.8 Å². The van der Waals surface area contributed by atoms with Gasteiger partial charge in [-0.2, -0.15) is 0 Å². The van der Waals surface area contributed by atoms with Crippen molar-refractivity contribution in [3.63, 3.8) is 0 Å². The summed E-state index contributed by atoms with van der Waals surface area (Å²) in [4.78, 5) is 24.4. The summed E-state index contributed by atoms with van der Waals surface area (Å²) < 4.78 is 11.9. The van der Waals surface area contributed by atoms with E-state index in [0.29, 0.717) is 19.4 Å². The van der Waals surface area contributed by atoms with E-state index in [0.717, 1.165) is 26.9 Å². The topological polar surface area (TPSA) is 52.6 Å². The van der Waals surface area contributed by atoms with Crippen molar-refractivity contribution in [2.24, 2.45) is 11.3 Å². The van der Waals surface area contributed by atoms with Crippen LogP contribution >= 0.6 is 22.6 Å². The van der Waals surface area contributed by atoms with Gasteiger partial charge in [-0.05, 0) is 84.5 Å². The second kappa shape index (κ2) is 8.34. The van der Waals surface area contributed by atoms with Crippen LogP contribution < -0.4 is 4.74 Å². The first-order chi connectivity index (χ1) is 11.8. The summed E-state index contributed by atoms with van der Waals surface area (Å²) in [7, 11) is 1.66. The van der Waals surface area contributed by atoms with Crippen LogP contribution in [0.2, 0.25) is 0 Å². The summed E-state index contributed by atoms with van der Waals surface area (Å²) in [5.41, 5.74) is 1.49. The first kappa shape index (κ1) is 19.9. The molecule has 0 N–H and O–H groups in total. The van der Waals surface area contributed by atoms with E-state index in [-0.39, 0.29) is 17.7 Å². The molecule has 1 aromatic rings. The summed E-state index contributed by atoms with van der Waals surface area (Å²) in [6.07, 6.45) is 5.01. The van der Waals surface area contributed by atoms with Gasteiger partial charge in [-0.3, -0.25) is 9.59 Å². The third-order valence-corrected chi connectivity index (χ3v) is 5.98. The number of aryl methyl sites for hydroxylation is 2. The number of benzene rings is 1. The van der Waals surface area contributed by atoms with Gasteiger partial charge in [-0.1, -0.05) is 13.0 Å². The second-order valence-corrected chi connectivity index (χ2v) is 7.74. The molecular weight excluding hydrogens is 431 g/mol. The molecule has 0 aliphatic heterocycles. The Labute approximate surface area is 163 Å². The van der Waals surface area contributed by atoms with Gasteiger partial charge in [-0.25, -0.2) is 0 Å². The molecule has 5 heteroatoms. The predicted octanol–water partition coefficient (Wildman–Crippen LogP) is 4.26. The molecule has 136 valence electrons. The highest BCUT2D eigenvalue weighted by Gasteiger charge is 2.45. The Hall–Kier alpha value is -1.37. The lowest BCUT2D eigenvalue weighted by Gasteiger charge is -2.36. The number of ether oxygens (including phenoxy) is 2. The third-order valence-electron chi connectivity index (χ3n) is 4.98. The van der Waals surface area contributed by atoms with E-state index in [1.54, 1.807) is 13.2 Å². The highest BCUT2D eigenvalue weighted by molar-refractivity contribution is 14.1. The molecule has 0 spiro atoms. The molecule has 1 aliphatic rings. The lowest BCUT2D eigenvalue weighted by Crippen LogP contribution is -2.41. The van der Waals surface area contributed by atoms with Crippen molar-refractivity contribution in [2.45, 2.75) is 40.0 Å². The first-order valence-corrected chi connectivity index (χ1v) is 9.64. The predicted molar refractivity (Wildman–Crippen MR) is 106 cm³/mol. The van der Waals surface area contributed by atoms with Gasteiger partial charge in [0.25, 0.3) is 0 Å². The lowest BCUT2D eigenvalue weighted by molar-refractivity contribution is -0.156. The number of carbonyl (C=O) groups excluding carboxylic acids is 2. The maximum atomic E-state index is 12.7. The number of methoxy groups -OCH3 is 1. The van der Waals surface area contributed by atoms with Crippen LogP contribution in [0.4, 0.5) is 0 Å².